The summed E-state index contributed by atoms with van der Waals surface area (Å²) < 4.78 is 4.25. The first-order valence-corrected chi connectivity index (χ1v) is 4.45. The minimum absolute atomic E-state index is 0.125. The number of rotatable bonds is 1. The summed E-state index contributed by atoms with van der Waals surface area (Å²) in [5.74, 6) is 0. The Kier molecular flexibility index (Phi) is 2850. The van der Waals surface area contributed by atoms with Crippen LogP contribution in [0.3, 0.4) is 0 Å². The second kappa shape index (κ2) is 1080. The van der Waals surface area contributed by atoms with E-state index in [1.54, 1.807) is 14.2 Å². The molecule has 0 radical (unpaired) electrons. The Balaban J connectivity index is -0.0000000141. The third kappa shape index (κ3) is 13100. The molecule has 0 bridgehead atoms. The van der Waals surface area contributed by atoms with Crippen molar-refractivity contribution in [1.82, 2.24) is 0 Å². The van der Waals surface area contributed by atoms with Crippen molar-refractivity contribution in [3.8, 4) is 0 Å². The van der Waals surface area contributed by atoms with E-state index in [-0.39, 0.29) is 13.2 Å². The van der Waals surface area contributed by atoms with Crippen molar-refractivity contribution in [1.29, 1.82) is 0 Å². The van der Waals surface area contributed by atoms with Gasteiger partial charge in [0.2, 0.25) is 0 Å². The predicted molar refractivity (Wildman–Crippen MR) is 83.4 cm³/mol. The lowest BCUT2D eigenvalue weighted by Gasteiger charge is -1.70. The molecule has 3 heteroatoms. The van der Waals surface area contributed by atoms with Crippen LogP contribution >= 0.6 is 0 Å². The summed E-state index contributed by atoms with van der Waals surface area (Å²) >= 11 is 0. The van der Waals surface area contributed by atoms with Crippen LogP contribution < -0.4 is 0 Å². The Hall–Kier alpha value is -1.42. The molecular formula is C14H32O3. The molecule has 0 saturated carbocycles. The highest BCUT2D eigenvalue weighted by Crippen LogP contribution is 1.39. The molecule has 0 aliphatic carbocycles. The Labute approximate surface area is 109 Å². The van der Waals surface area contributed by atoms with Crippen molar-refractivity contribution in [2.24, 2.45) is 0 Å². The van der Waals surface area contributed by atoms with Crippen molar-refractivity contribution >= 4 is 0 Å². The van der Waals surface area contributed by atoms with Crippen LogP contribution in [0.2, 0.25) is 0 Å². The van der Waals surface area contributed by atoms with Gasteiger partial charge >= 0.3 is 0 Å². The van der Waals surface area contributed by atoms with Crippen molar-refractivity contribution in [3.63, 3.8) is 0 Å². The van der Waals surface area contributed by atoms with Gasteiger partial charge in [-0.1, -0.05) is 0 Å². The Morgan fingerprint density at radius 1 is 0.588 bits per heavy atom. The molecule has 106 valence electrons. The molecule has 0 aliphatic rings. The van der Waals surface area contributed by atoms with Crippen LogP contribution in [-0.2, 0) is 4.74 Å². The highest BCUT2D eigenvalue weighted by molar-refractivity contribution is 4.23. The van der Waals surface area contributed by atoms with Gasteiger partial charge in [-0.15, -0.1) is 65.8 Å². The molecular weight excluding hydrogens is 216 g/mol. The largest absolute Gasteiger partial charge is 0.394 e. The van der Waals surface area contributed by atoms with E-state index in [0.29, 0.717) is 0 Å². The molecule has 0 aromatic carbocycles. The van der Waals surface area contributed by atoms with Crippen LogP contribution in [0.1, 0.15) is 0 Å². The van der Waals surface area contributed by atoms with Gasteiger partial charge in [0.05, 0.1) is 13.2 Å². The standard InChI is InChI=1S/C2H6O2.C2H6O.5C2H4/c3-1-2-4;1-3-2;5*1-2/h3-4H,1-2H2;1-2H3;5*1-2H2. The zero-order valence-electron chi connectivity index (χ0n) is 11.8. The Bertz CT molecular complexity index is 45.8. The van der Waals surface area contributed by atoms with Gasteiger partial charge in [-0.2, -0.15) is 0 Å². The van der Waals surface area contributed by atoms with Crippen LogP contribution in [0.4, 0.5) is 0 Å². The fourth-order valence-corrected chi connectivity index (χ4v) is 0. The third-order valence-corrected chi connectivity index (χ3v) is 0.1000. The van der Waals surface area contributed by atoms with Crippen LogP contribution in [-0.4, -0.2) is 37.6 Å². The normalized spacial score (nSPS) is 4.00. The van der Waals surface area contributed by atoms with Gasteiger partial charge < -0.3 is 14.9 Å². The lowest BCUT2D eigenvalue weighted by Crippen LogP contribution is -1.85. The van der Waals surface area contributed by atoms with E-state index >= 15 is 0 Å². The second-order valence-electron chi connectivity index (χ2n) is 0.855. The molecule has 0 spiro atoms. The monoisotopic (exact) mass is 248 g/mol. The smallest absolute Gasteiger partial charge is 0.0662 e. The van der Waals surface area contributed by atoms with E-state index in [2.05, 4.69) is 70.5 Å². The number of hydrogen-bond donors (Lipinski definition) is 2. The van der Waals surface area contributed by atoms with Crippen LogP contribution in [0.15, 0.2) is 65.8 Å². The summed E-state index contributed by atoms with van der Waals surface area (Å²) in [6, 6.07) is 0. The van der Waals surface area contributed by atoms with Gasteiger partial charge in [0.15, 0.2) is 0 Å². The highest BCUT2D eigenvalue weighted by Gasteiger charge is 1.58. The first-order chi connectivity index (χ1) is 8.33. The SMILES string of the molecule is C=C.C=C.C=C.C=C.C=C.COC.OCCO. The van der Waals surface area contributed by atoms with E-state index in [0.717, 1.165) is 0 Å². The highest BCUT2D eigenvalue weighted by atomic mass is 16.4. The quantitative estimate of drug-likeness (QED) is 0.700. The van der Waals surface area contributed by atoms with E-state index in [9.17, 15) is 0 Å². The zero-order chi connectivity index (χ0) is 16.1. The number of methoxy groups -OCH3 is 1. The predicted octanol–water partition coefficient (Wildman–Crippen LogP) is 3.24. The summed E-state index contributed by atoms with van der Waals surface area (Å²) in [4.78, 5) is 0. The molecule has 0 aliphatic heterocycles. The first kappa shape index (κ1) is 45.0. The van der Waals surface area contributed by atoms with Gasteiger partial charge in [0, 0.05) is 14.2 Å². The van der Waals surface area contributed by atoms with Crippen LogP contribution in [0.25, 0.3) is 0 Å². The summed E-state index contributed by atoms with van der Waals surface area (Å²) in [7, 11) is 3.25. The van der Waals surface area contributed by atoms with Gasteiger partial charge in [0.25, 0.3) is 0 Å². The summed E-state index contributed by atoms with van der Waals surface area (Å²) in [6.07, 6.45) is 0. The molecule has 0 heterocycles. The molecule has 0 amide bonds. The lowest BCUT2D eigenvalue weighted by molar-refractivity contribution is 0.186. The topological polar surface area (TPSA) is 49.7 Å². The van der Waals surface area contributed by atoms with Crippen LogP contribution in [0.5, 0.6) is 0 Å². The Morgan fingerprint density at radius 3 is 0.647 bits per heavy atom. The molecule has 0 unspecified atom stereocenters. The maximum absolute atomic E-state index is 7.62. The fourth-order valence-electron chi connectivity index (χ4n) is 0. The number of hydrogen-bond acceptors (Lipinski definition) is 3. The maximum Gasteiger partial charge on any atom is 0.0662 e. The summed E-state index contributed by atoms with van der Waals surface area (Å²) in [5.41, 5.74) is 0. The van der Waals surface area contributed by atoms with Crippen molar-refractivity contribution in [3.05, 3.63) is 65.8 Å². The minimum Gasteiger partial charge on any atom is -0.394 e. The minimum atomic E-state index is -0.125. The van der Waals surface area contributed by atoms with Gasteiger partial charge in [-0.25, -0.2) is 0 Å². The first-order valence-electron chi connectivity index (χ1n) is 4.45. The lowest BCUT2D eigenvalue weighted by atomic mass is 10.8. The summed E-state index contributed by atoms with van der Waals surface area (Å²) in [5, 5.41) is 15.2. The molecule has 0 rings (SSSR count). The molecule has 0 aromatic rings. The van der Waals surface area contributed by atoms with E-state index < -0.39 is 0 Å². The molecule has 0 fully saturated rings. The summed E-state index contributed by atoms with van der Waals surface area (Å²) in [6.45, 7) is 29.8. The average molecular weight is 248 g/mol. The second-order valence-corrected chi connectivity index (χ2v) is 0.855. The molecule has 0 aromatic heterocycles. The molecule has 0 atom stereocenters. The van der Waals surface area contributed by atoms with E-state index in [1.165, 1.54) is 0 Å². The van der Waals surface area contributed by atoms with Crippen molar-refractivity contribution < 1.29 is 14.9 Å². The number of ether oxygens (including phenoxy) is 1. The number of aliphatic hydroxyl groups excluding tert-OH is 2. The molecule has 17 heavy (non-hydrogen) atoms. The van der Waals surface area contributed by atoms with Crippen molar-refractivity contribution in [2.75, 3.05) is 27.4 Å². The molecule has 2 N–H and O–H groups in total. The van der Waals surface area contributed by atoms with Crippen molar-refractivity contribution in [2.45, 2.75) is 0 Å². The Morgan fingerprint density at radius 2 is 0.647 bits per heavy atom. The van der Waals surface area contributed by atoms with Crippen LogP contribution in [0, 0.1) is 0 Å². The van der Waals surface area contributed by atoms with Gasteiger partial charge in [-0.3, -0.25) is 0 Å². The maximum atomic E-state index is 7.62. The molecule has 3 nitrogen and oxygen atoms in total. The third-order valence-electron chi connectivity index (χ3n) is 0.1000. The molecule has 0 saturated heterocycles. The fraction of sp³-hybridized carbons (Fsp3) is 0.286. The number of aliphatic hydroxyl groups is 2. The zero-order valence-corrected chi connectivity index (χ0v) is 11.8. The van der Waals surface area contributed by atoms with E-state index in [4.69, 9.17) is 10.2 Å². The van der Waals surface area contributed by atoms with Gasteiger partial charge in [0.1, 0.15) is 0 Å². The van der Waals surface area contributed by atoms with E-state index in [1.807, 2.05) is 0 Å². The van der Waals surface area contributed by atoms with Gasteiger partial charge in [-0.05, 0) is 0 Å². The average Bonchev–Trinajstić information content (AvgIpc) is 2.50.